The molecular formula is C19H12N2O3. The van der Waals surface area contributed by atoms with Crippen molar-refractivity contribution in [3.05, 3.63) is 77.4 Å². The van der Waals surface area contributed by atoms with Gasteiger partial charge in [0.15, 0.2) is 0 Å². The normalized spacial score (nSPS) is 13.9. The Hall–Kier alpha value is -3.47. The summed E-state index contributed by atoms with van der Waals surface area (Å²) in [5, 5.41) is 16.7. The average molecular weight is 316 g/mol. The van der Waals surface area contributed by atoms with Gasteiger partial charge in [0.1, 0.15) is 5.75 Å². The summed E-state index contributed by atoms with van der Waals surface area (Å²) in [7, 11) is 0. The average Bonchev–Trinajstić information content (AvgIpc) is 2.86. The second-order valence-electron chi connectivity index (χ2n) is 5.43. The Morgan fingerprint density at radius 3 is 2.17 bits per heavy atom. The molecule has 0 saturated heterocycles. The summed E-state index contributed by atoms with van der Waals surface area (Å²) < 4.78 is 0. The lowest BCUT2D eigenvalue weighted by molar-refractivity contribution is 0.0660. The van der Waals surface area contributed by atoms with Crippen LogP contribution in [0.15, 0.2) is 65.8 Å². The predicted octanol–water partition coefficient (Wildman–Crippen LogP) is 3.18. The molecule has 2 amide bonds. The zero-order chi connectivity index (χ0) is 16.7. The third-order valence-corrected chi connectivity index (χ3v) is 4.02. The van der Waals surface area contributed by atoms with E-state index in [4.69, 9.17) is 0 Å². The first-order chi connectivity index (χ1) is 11.7. The van der Waals surface area contributed by atoms with E-state index in [0.717, 1.165) is 15.8 Å². The van der Waals surface area contributed by atoms with Crippen molar-refractivity contribution in [1.29, 1.82) is 0 Å². The topological polar surface area (TPSA) is 70.0 Å². The molecule has 3 aromatic carbocycles. The van der Waals surface area contributed by atoms with E-state index >= 15 is 0 Å². The van der Waals surface area contributed by atoms with E-state index in [9.17, 15) is 14.7 Å². The van der Waals surface area contributed by atoms with Crippen molar-refractivity contribution < 1.29 is 14.7 Å². The highest BCUT2D eigenvalue weighted by molar-refractivity contribution is 6.21. The zero-order valence-corrected chi connectivity index (χ0v) is 12.5. The first-order valence-electron chi connectivity index (χ1n) is 7.39. The van der Waals surface area contributed by atoms with Gasteiger partial charge in [-0.1, -0.05) is 42.5 Å². The number of phenols is 1. The molecule has 0 aliphatic carbocycles. The van der Waals surface area contributed by atoms with Crippen LogP contribution in [0, 0.1) is 0 Å². The summed E-state index contributed by atoms with van der Waals surface area (Å²) in [6, 6.07) is 17.5. The molecule has 0 fully saturated rings. The maximum absolute atomic E-state index is 12.3. The standard InChI is InChI=1S/C19H12N2O3/c22-17-10-9-12-5-1-2-6-13(12)16(17)11-20-21-18(23)14-7-3-4-8-15(14)19(21)24/h1-11,22H. The van der Waals surface area contributed by atoms with Crippen molar-refractivity contribution in [3.63, 3.8) is 0 Å². The van der Waals surface area contributed by atoms with Gasteiger partial charge in [-0.05, 0) is 29.0 Å². The maximum atomic E-state index is 12.3. The minimum atomic E-state index is -0.466. The molecule has 0 aromatic heterocycles. The molecule has 1 N–H and O–H groups in total. The molecule has 0 spiro atoms. The highest BCUT2D eigenvalue weighted by Crippen LogP contribution is 2.27. The molecule has 0 radical (unpaired) electrons. The van der Waals surface area contributed by atoms with Crippen LogP contribution < -0.4 is 0 Å². The molecule has 0 bridgehead atoms. The van der Waals surface area contributed by atoms with Gasteiger partial charge in [0.25, 0.3) is 11.8 Å². The van der Waals surface area contributed by atoms with E-state index in [1.807, 2.05) is 24.3 Å². The number of carbonyl (C=O) groups excluding carboxylic acids is 2. The first kappa shape index (κ1) is 14.1. The SMILES string of the molecule is O=C1c2ccccc2C(=O)N1N=Cc1c(O)ccc2ccccc12. The fraction of sp³-hybridized carbons (Fsp3) is 0. The minimum absolute atomic E-state index is 0.0362. The maximum Gasteiger partial charge on any atom is 0.282 e. The number of hydrogen-bond acceptors (Lipinski definition) is 4. The molecule has 116 valence electrons. The number of nitrogens with zero attached hydrogens (tertiary/aromatic N) is 2. The number of aromatic hydroxyl groups is 1. The Morgan fingerprint density at radius 2 is 1.46 bits per heavy atom. The lowest BCUT2D eigenvalue weighted by Crippen LogP contribution is -2.24. The highest BCUT2D eigenvalue weighted by atomic mass is 16.3. The molecule has 1 aliphatic rings. The van der Waals surface area contributed by atoms with Crippen molar-refractivity contribution in [2.45, 2.75) is 0 Å². The van der Waals surface area contributed by atoms with Gasteiger partial charge in [0.2, 0.25) is 0 Å². The van der Waals surface area contributed by atoms with Crippen molar-refractivity contribution in [3.8, 4) is 5.75 Å². The molecule has 5 nitrogen and oxygen atoms in total. The van der Waals surface area contributed by atoms with Crippen LogP contribution in [0.3, 0.4) is 0 Å². The molecule has 1 aliphatic heterocycles. The van der Waals surface area contributed by atoms with Crippen molar-refractivity contribution >= 4 is 28.8 Å². The quantitative estimate of drug-likeness (QED) is 0.583. The number of hydrazone groups is 1. The third-order valence-electron chi connectivity index (χ3n) is 4.02. The zero-order valence-electron chi connectivity index (χ0n) is 12.5. The Labute approximate surface area is 137 Å². The second-order valence-corrected chi connectivity index (χ2v) is 5.43. The minimum Gasteiger partial charge on any atom is -0.507 e. The predicted molar refractivity (Wildman–Crippen MR) is 90.1 cm³/mol. The van der Waals surface area contributed by atoms with Crippen LogP contribution >= 0.6 is 0 Å². The van der Waals surface area contributed by atoms with Gasteiger partial charge >= 0.3 is 0 Å². The first-order valence-corrected chi connectivity index (χ1v) is 7.39. The van der Waals surface area contributed by atoms with Crippen LogP contribution in [0.5, 0.6) is 5.75 Å². The van der Waals surface area contributed by atoms with Gasteiger partial charge in [-0.3, -0.25) is 9.59 Å². The Morgan fingerprint density at radius 1 is 0.833 bits per heavy atom. The molecular weight excluding hydrogens is 304 g/mol. The van der Waals surface area contributed by atoms with Crippen LogP contribution in [0.2, 0.25) is 0 Å². The van der Waals surface area contributed by atoms with Gasteiger partial charge in [0.05, 0.1) is 17.3 Å². The summed E-state index contributed by atoms with van der Waals surface area (Å²) in [6.45, 7) is 0. The number of carbonyl (C=O) groups is 2. The number of imide groups is 1. The van der Waals surface area contributed by atoms with Gasteiger partial charge in [-0.25, -0.2) is 0 Å². The van der Waals surface area contributed by atoms with Gasteiger partial charge in [-0.2, -0.15) is 10.1 Å². The van der Waals surface area contributed by atoms with E-state index < -0.39 is 11.8 Å². The summed E-state index contributed by atoms with van der Waals surface area (Å²) in [5.41, 5.74) is 1.13. The summed E-state index contributed by atoms with van der Waals surface area (Å²) in [6.07, 6.45) is 1.35. The van der Waals surface area contributed by atoms with Crippen LogP contribution in [0.1, 0.15) is 26.3 Å². The number of hydrogen-bond donors (Lipinski definition) is 1. The molecule has 1 heterocycles. The number of fused-ring (bicyclic) bond motifs is 2. The van der Waals surface area contributed by atoms with E-state index in [-0.39, 0.29) is 5.75 Å². The monoisotopic (exact) mass is 316 g/mol. The lowest BCUT2D eigenvalue weighted by atomic mass is 10.0. The molecule has 24 heavy (non-hydrogen) atoms. The summed E-state index contributed by atoms with van der Waals surface area (Å²) in [5.74, 6) is -0.896. The van der Waals surface area contributed by atoms with Crippen molar-refractivity contribution in [1.82, 2.24) is 5.01 Å². The molecule has 0 unspecified atom stereocenters. The molecule has 0 saturated carbocycles. The smallest absolute Gasteiger partial charge is 0.282 e. The molecule has 0 atom stereocenters. The molecule has 4 rings (SSSR count). The van der Waals surface area contributed by atoms with Crippen LogP contribution in [0.25, 0.3) is 10.8 Å². The third kappa shape index (κ3) is 2.06. The van der Waals surface area contributed by atoms with E-state index in [1.54, 1.807) is 36.4 Å². The lowest BCUT2D eigenvalue weighted by Gasteiger charge is -2.08. The molecule has 3 aromatic rings. The summed E-state index contributed by atoms with van der Waals surface area (Å²) in [4.78, 5) is 24.6. The van der Waals surface area contributed by atoms with Gasteiger partial charge < -0.3 is 5.11 Å². The Bertz CT molecular complexity index is 989. The van der Waals surface area contributed by atoms with Crippen LogP contribution in [-0.4, -0.2) is 28.1 Å². The van der Waals surface area contributed by atoms with Crippen molar-refractivity contribution in [2.24, 2.45) is 5.10 Å². The highest BCUT2D eigenvalue weighted by Gasteiger charge is 2.35. The van der Waals surface area contributed by atoms with Gasteiger partial charge in [0, 0.05) is 5.56 Å². The second kappa shape index (κ2) is 5.31. The largest absolute Gasteiger partial charge is 0.507 e. The fourth-order valence-electron chi connectivity index (χ4n) is 2.82. The number of phenolic OH excluding ortho intramolecular Hbond substituents is 1. The van der Waals surface area contributed by atoms with Gasteiger partial charge in [-0.15, -0.1) is 0 Å². The van der Waals surface area contributed by atoms with Crippen LogP contribution in [0.4, 0.5) is 0 Å². The summed E-state index contributed by atoms with van der Waals surface area (Å²) >= 11 is 0. The Kier molecular flexibility index (Phi) is 3.13. The number of rotatable bonds is 2. The Balaban J connectivity index is 1.76. The van der Waals surface area contributed by atoms with Crippen LogP contribution in [-0.2, 0) is 0 Å². The molecule has 5 heteroatoms. The van der Waals surface area contributed by atoms with E-state index in [1.165, 1.54) is 6.21 Å². The number of amides is 2. The van der Waals surface area contributed by atoms with E-state index in [0.29, 0.717) is 16.7 Å². The number of benzene rings is 3. The van der Waals surface area contributed by atoms with Crippen molar-refractivity contribution in [2.75, 3.05) is 0 Å². The van der Waals surface area contributed by atoms with E-state index in [2.05, 4.69) is 5.10 Å². The fourth-order valence-corrected chi connectivity index (χ4v) is 2.82.